The summed E-state index contributed by atoms with van der Waals surface area (Å²) < 4.78 is 0. The topological polar surface area (TPSA) is 3.24 Å². The molecule has 11 aromatic carbocycles. The Hall–Kier alpha value is -7.60. The Bertz CT molecular complexity index is 3580. The van der Waals surface area contributed by atoms with Gasteiger partial charge in [0.1, 0.15) is 0 Å². The lowest BCUT2D eigenvalue weighted by Crippen LogP contribution is -2.78. The van der Waals surface area contributed by atoms with Crippen LogP contribution in [-0.2, 0) is 0 Å². The van der Waals surface area contributed by atoms with Gasteiger partial charge in [0.2, 0.25) is 0 Å². The highest BCUT2D eigenvalue weighted by molar-refractivity contribution is 8.34. The van der Waals surface area contributed by atoms with Crippen LogP contribution in [0.4, 0.5) is 17.1 Å². The van der Waals surface area contributed by atoms with Crippen molar-refractivity contribution in [1.82, 2.24) is 0 Å². The first-order valence-corrected chi connectivity index (χ1v) is 27.8. The van der Waals surface area contributed by atoms with E-state index in [1.165, 1.54) is 83.1 Å². The third kappa shape index (κ3) is 6.25. The smallest absolute Gasteiger partial charge is 0.184 e. The van der Waals surface area contributed by atoms with E-state index < -0.39 is 18.1 Å². The summed E-state index contributed by atoms with van der Waals surface area (Å²) in [7, 11) is -4.94. The van der Waals surface area contributed by atoms with Gasteiger partial charge in [0.25, 0.3) is 0 Å². The first-order chi connectivity index (χ1) is 33.7. The molecule has 2 aliphatic rings. The van der Waals surface area contributed by atoms with E-state index in [0.717, 1.165) is 17.1 Å². The number of hydrogen-bond acceptors (Lipinski definition) is 2. The molecule has 2 aliphatic heterocycles. The second-order valence-electron chi connectivity index (χ2n) is 17.6. The largest absolute Gasteiger partial charge is 0.310 e. The molecule has 1 spiro atoms. The molecule has 0 aliphatic carbocycles. The van der Waals surface area contributed by atoms with Crippen molar-refractivity contribution >= 4 is 78.4 Å². The van der Waals surface area contributed by atoms with Crippen molar-refractivity contribution in [2.75, 3.05) is 4.90 Å². The van der Waals surface area contributed by atoms with Crippen LogP contribution in [0.5, 0.6) is 0 Å². The standard InChI is InChI=1S/C64H45NS2Si/c1-4-20-46(21-5-1)47-38-41-51(42-39-47)65(56-31-19-23-48-22-10-11-30-55(48)56)52-25-18-24-49(44-52)50-40-43-64-60(45-50)67(53-26-6-2-7-27-53,54-28-8-3-9-29-54)59-34-14-17-37-63(59)68(64)61-35-15-12-32-57(61)66-58-33-13-16-36-62(58)68/h1-45H. The zero-order valence-corrected chi connectivity index (χ0v) is 39.9. The predicted molar refractivity (Wildman–Crippen MR) is 291 cm³/mol. The van der Waals surface area contributed by atoms with Gasteiger partial charge >= 0.3 is 0 Å². The minimum absolute atomic E-state index is 1.11. The minimum Gasteiger partial charge on any atom is -0.310 e. The van der Waals surface area contributed by atoms with E-state index in [2.05, 4.69) is 278 Å². The van der Waals surface area contributed by atoms with Crippen LogP contribution < -0.4 is 25.6 Å². The van der Waals surface area contributed by atoms with E-state index in [9.17, 15) is 0 Å². The number of nitrogens with zero attached hydrogens (tertiary/aromatic N) is 1. The van der Waals surface area contributed by atoms with Crippen LogP contribution in [0.2, 0.25) is 0 Å². The molecule has 11 aromatic rings. The Labute approximate surface area is 405 Å². The summed E-state index contributed by atoms with van der Waals surface area (Å²) in [6.45, 7) is 0. The molecule has 2 heterocycles. The summed E-state index contributed by atoms with van der Waals surface area (Å²) in [5, 5.41) is 8.35. The van der Waals surface area contributed by atoms with Gasteiger partial charge in [-0.2, -0.15) is 0 Å². The molecular weight excluding hydrogens is 875 g/mol. The van der Waals surface area contributed by atoms with Crippen molar-refractivity contribution in [2.45, 2.75) is 29.4 Å². The van der Waals surface area contributed by atoms with Crippen LogP contribution in [0.15, 0.2) is 302 Å². The molecule has 0 N–H and O–H groups in total. The van der Waals surface area contributed by atoms with Crippen molar-refractivity contribution in [1.29, 1.82) is 0 Å². The average Bonchev–Trinajstić information content (AvgIpc) is 3.42. The molecule has 4 heteroatoms. The molecule has 0 unspecified atom stereocenters. The Morgan fingerprint density at radius 3 is 1.53 bits per heavy atom. The molecule has 0 bridgehead atoms. The summed E-state index contributed by atoms with van der Waals surface area (Å²) in [5.41, 5.74) is 8.16. The molecule has 0 saturated heterocycles. The molecule has 0 radical (unpaired) electrons. The predicted octanol–water partition coefficient (Wildman–Crippen LogP) is 15.1. The first kappa shape index (κ1) is 40.7. The molecular formula is C64H45NS2Si. The van der Waals surface area contributed by atoms with Crippen LogP contribution in [0.25, 0.3) is 33.0 Å². The van der Waals surface area contributed by atoms with E-state index in [1.807, 2.05) is 11.8 Å². The molecule has 0 aromatic heterocycles. The summed E-state index contributed by atoms with van der Waals surface area (Å²) in [5.74, 6) is 0. The van der Waals surface area contributed by atoms with Gasteiger partial charge in [-0.15, -0.1) is 10.0 Å². The molecule has 0 fully saturated rings. The second-order valence-corrected chi connectivity index (χ2v) is 25.4. The van der Waals surface area contributed by atoms with Gasteiger partial charge < -0.3 is 4.90 Å². The molecule has 68 heavy (non-hydrogen) atoms. The van der Waals surface area contributed by atoms with E-state index in [1.54, 1.807) is 0 Å². The zero-order valence-electron chi connectivity index (χ0n) is 37.2. The normalized spacial score (nSPS) is 14.2. The molecule has 1 nitrogen and oxygen atoms in total. The van der Waals surface area contributed by atoms with Crippen molar-refractivity contribution in [3.8, 4) is 22.3 Å². The number of rotatable bonds is 7. The zero-order chi connectivity index (χ0) is 45.1. The Morgan fingerprint density at radius 1 is 0.324 bits per heavy atom. The van der Waals surface area contributed by atoms with Crippen LogP contribution in [0.3, 0.4) is 0 Å². The Balaban J connectivity index is 1.08. The van der Waals surface area contributed by atoms with Crippen LogP contribution in [0, 0.1) is 0 Å². The van der Waals surface area contributed by atoms with Gasteiger partial charge in [0.05, 0.1) is 5.69 Å². The van der Waals surface area contributed by atoms with E-state index >= 15 is 0 Å². The molecule has 0 amide bonds. The fourth-order valence-electron chi connectivity index (χ4n) is 11.1. The molecule has 13 rings (SSSR count). The summed E-state index contributed by atoms with van der Waals surface area (Å²) >= 11 is 1.93. The van der Waals surface area contributed by atoms with Crippen LogP contribution in [-0.4, -0.2) is 8.07 Å². The van der Waals surface area contributed by atoms with Gasteiger partial charge in [-0.3, -0.25) is 0 Å². The van der Waals surface area contributed by atoms with Crippen LogP contribution in [0.1, 0.15) is 0 Å². The van der Waals surface area contributed by atoms with E-state index in [-0.39, 0.29) is 0 Å². The fourth-order valence-corrected chi connectivity index (χ4v) is 24.0. The van der Waals surface area contributed by atoms with Crippen molar-refractivity contribution in [3.05, 3.63) is 273 Å². The maximum Gasteiger partial charge on any atom is 0.184 e. The quantitative estimate of drug-likeness (QED) is 0.147. The maximum absolute atomic E-state index is 2.91. The van der Waals surface area contributed by atoms with Crippen LogP contribution >= 0.6 is 21.8 Å². The number of benzene rings is 11. The molecule has 0 atom stereocenters. The summed E-state index contributed by atoms with van der Waals surface area (Å²) in [6, 6.07) is 103. The number of fused-ring (bicyclic) bond motifs is 9. The summed E-state index contributed by atoms with van der Waals surface area (Å²) in [6.07, 6.45) is 0. The fraction of sp³-hybridized carbons (Fsp3) is 0. The number of hydrogen-bond donors (Lipinski definition) is 0. The Morgan fingerprint density at radius 2 is 0.824 bits per heavy atom. The lowest BCUT2D eigenvalue weighted by Gasteiger charge is -2.54. The highest BCUT2D eigenvalue weighted by Gasteiger charge is 2.56. The lowest BCUT2D eigenvalue weighted by molar-refractivity contribution is 1.24. The SMILES string of the molecule is c1ccc(-c2ccc(N(c3cccc(-c4ccc5c(c4)S(c4ccccc4)(c4ccccc4)c4ccccc4[Si]54c5ccccc5Sc5ccccc54)c3)c3cccc4ccccc34)cc2)cc1. The monoisotopic (exact) mass is 919 g/mol. The molecule has 0 saturated carbocycles. The third-order valence-electron chi connectivity index (χ3n) is 14.0. The van der Waals surface area contributed by atoms with E-state index in [4.69, 9.17) is 0 Å². The van der Waals surface area contributed by atoms with Crippen molar-refractivity contribution < 1.29 is 0 Å². The second kappa shape index (κ2) is 16.6. The van der Waals surface area contributed by atoms with E-state index in [0.29, 0.717) is 0 Å². The average molecular weight is 920 g/mol. The van der Waals surface area contributed by atoms with Gasteiger partial charge in [-0.05, 0) is 127 Å². The maximum atomic E-state index is 2.61. The highest BCUT2D eigenvalue weighted by atomic mass is 32.3. The minimum atomic E-state index is -2.91. The molecule has 322 valence electrons. The van der Waals surface area contributed by atoms with Gasteiger partial charge in [0, 0.05) is 46.1 Å². The van der Waals surface area contributed by atoms with Gasteiger partial charge in [0.15, 0.2) is 8.07 Å². The highest BCUT2D eigenvalue weighted by Crippen LogP contribution is 2.74. The number of anilines is 3. The lowest BCUT2D eigenvalue weighted by atomic mass is 10.0. The van der Waals surface area contributed by atoms with Crippen molar-refractivity contribution in [3.63, 3.8) is 0 Å². The first-order valence-electron chi connectivity index (χ1n) is 23.3. The van der Waals surface area contributed by atoms with Gasteiger partial charge in [-0.1, -0.05) is 206 Å². The Kier molecular flexibility index (Phi) is 9.94. The summed E-state index contributed by atoms with van der Waals surface area (Å²) in [4.78, 5) is 10.7. The van der Waals surface area contributed by atoms with Crippen molar-refractivity contribution in [2.24, 2.45) is 0 Å². The van der Waals surface area contributed by atoms with Gasteiger partial charge in [-0.25, -0.2) is 0 Å². The third-order valence-corrected chi connectivity index (χ3v) is 24.8.